The van der Waals surface area contributed by atoms with Gasteiger partial charge >= 0.3 is 0 Å². The molecule has 1 atom stereocenters. The summed E-state index contributed by atoms with van der Waals surface area (Å²) in [6.07, 6.45) is 15.9. The van der Waals surface area contributed by atoms with E-state index < -0.39 is 0 Å². The zero-order chi connectivity index (χ0) is 18.6. The molecular weight excluding hydrogens is 344 g/mol. The summed E-state index contributed by atoms with van der Waals surface area (Å²) in [5.74, 6) is 0.867. The number of thioether (sulfide) groups is 1. The van der Waals surface area contributed by atoms with Gasteiger partial charge in [-0.25, -0.2) is 0 Å². The lowest BCUT2D eigenvalue weighted by molar-refractivity contribution is 0.0644. The Morgan fingerprint density at radius 1 is 1.38 bits per heavy atom. The van der Waals surface area contributed by atoms with Gasteiger partial charge in [0.25, 0.3) is 0 Å². The molecule has 0 spiro atoms. The summed E-state index contributed by atoms with van der Waals surface area (Å²) < 4.78 is 5.88. The molecule has 0 aromatic carbocycles. The van der Waals surface area contributed by atoms with E-state index in [1.165, 1.54) is 25.7 Å². The molecule has 26 heavy (non-hydrogen) atoms. The number of nitrogens with one attached hydrogen (secondary N) is 2. The number of ether oxygens (including phenoxy) is 1. The van der Waals surface area contributed by atoms with Crippen LogP contribution >= 0.6 is 11.8 Å². The van der Waals surface area contributed by atoms with Gasteiger partial charge in [-0.3, -0.25) is 9.98 Å². The predicted octanol–water partition coefficient (Wildman–Crippen LogP) is 3.31. The maximum Gasteiger partial charge on any atom is 0.157 e. The second-order valence-corrected chi connectivity index (χ2v) is 7.46. The monoisotopic (exact) mass is 376 g/mol. The van der Waals surface area contributed by atoms with E-state index in [2.05, 4.69) is 45.8 Å². The first kappa shape index (κ1) is 20.8. The molecule has 2 rings (SSSR count). The van der Waals surface area contributed by atoms with Crippen molar-refractivity contribution < 1.29 is 4.74 Å². The molecule has 0 amide bonds. The Kier molecular flexibility index (Phi) is 9.56. The van der Waals surface area contributed by atoms with Crippen LogP contribution in [-0.4, -0.2) is 56.5 Å². The molecule has 0 bridgehead atoms. The third-order valence-electron chi connectivity index (χ3n) is 4.35. The van der Waals surface area contributed by atoms with E-state index in [4.69, 9.17) is 4.74 Å². The van der Waals surface area contributed by atoms with Crippen LogP contribution in [0.4, 0.5) is 0 Å². The molecule has 2 aliphatic rings. The predicted molar refractivity (Wildman–Crippen MR) is 114 cm³/mol. The van der Waals surface area contributed by atoms with Crippen LogP contribution < -0.4 is 10.6 Å². The molecule has 1 unspecified atom stereocenters. The van der Waals surface area contributed by atoms with Crippen LogP contribution in [0, 0.1) is 0 Å². The van der Waals surface area contributed by atoms with Crippen molar-refractivity contribution in [1.29, 1.82) is 0 Å². The van der Waals surface area contributed by atoms with E-state index in [0.717, 1.165) is 22.1 Å². The highest BCUT2D eigenvalue weighted by molar-refractivity contribution is 8.13. The maximum atomic E-state index is 5.88. The fraction of sp³-hybridized carbons (Fsp3) is 0.600. The average molecular weight is 377 g/mol. The number of allylic oxidation sites excluding steroid dienone is 3. The van der Waals surface area contributed by atoms with Crippen molar-refractivity contribution >= 4 is 23.1 Å². The van der Waals surface area contributed by atoms with E-state index in [1.54, 1.807) is 11.8 Å². The molecule has 2 N–H and O–H groups in total. The van der Waals surface area contributed by atoms with E-state index in [9.17, 15) is 0 Å². The topological polar surface area (TPSA) is 58.0 Å². The summed E-state index contributed by atoms with van der Waals surface area (Å²) in [5.41, 5.74) is 2.23. The van der Waals surface area contributed by atoms with Gasteiger partial charge in [-0.2, -0.15) is 0 Å². The summed E-state index contributed by atoms with van der Waals surface area (Å²) in [5, 5.41) is 7.25. The number of hydrogen-bond acceptors (Lipinski definition) is 6. The lowest BCUT2D eigenvalue weighted by atomic mass is 10.1. The number of nitrogens with zero attached hydrogens (tertiary/aromatic N) is 2. The maximum absolute atomic E-state index is 5.88. The van der Waals surface area contributed by atoms with Crippen LogP contribution in [0.5, 0.6) is 0 Å². The second-order valence-electron chi connectivity index (χ2n) is 6.46. The van der Waals surface area contributed by atoms with Crippen LogP contribution in [0.3, 0.4) is 0 Å². The summed E-state index contributed by atoms with van der Waals surface area (Å²) in [4.78, 5) is 9.21. The number of rotatable bonds is 7. The zero-order valence-electron chi connectivity index (χ0n) is 16.2. The highest BCUT2D eigenvalue weighted by atomic mass is 32.2. The van der Waals surface area contributed by atoms with Gasteiger partial charge in [-0.1, -0.05) is 42.8 Å². The Labute approximate surface area is 162 Å². The zero-order valence-corrected chi connectivity index (χ0v) is 17.0. The van der Waals surface area contributed by atoms with Gasteiger partial charge in [0.2, 0.25) is 0 Å². The molecule has 1 aliphatic heterocycles. The Hall–Kier alpha value is -1.53. The van der Waals surface area contributed by atoms with Gasteiger partial charge in [0, 0.05) is 37.8 Å². The smallest absolute Gasteiger partial charge is 0.157 e. The summed E-state index contributed by atoms with van der Waals surface area (Å²) in [6.45, 7) is 3.50. The molecule has 6 heteroatoms. The highest BCUT2D eigenvalue weighted by Crippen LogP contribution is 2.20. The van der Waals surface area contributed by atoms with Gasteiger partial charge in [-0.15, -0.1) is 0 Å². The Balaban J connectivity index is 1.94. The summed E-state index contributed by atoms with van der Waals surface area (Å²) in [6, 6.07) is 0.138. The first-order chi connectivity index (χ1) is 12.7. The summed E-state index contributed by atoms with van der Waals surface area (Å²) >= 11 is 1.71. The van der Waals surface area contributed by atoms with Gasteiger partial charge in [0.05, 0.1) is 25.3 Å². The molecule has 1 aliphatic carbocycles. The fourth-order valence-electron chi connectivity index (χ4n) is 2.98. The minimum atomic E-state index is 0.138. The van der Waals surface area contributed by atoms with Crippen molar-refractivity contribution in [1.82, 2.24) is 10.6 Å². The van der Waals surface area contributed by atoms with Crippen LogP contribution in [0.2, 0.25) is 0 Å². The minimum absolute atomic E-state index is 0.138. The third kappa shape index (κ3) is 7.38. The first-order valence-electron chi connectivity index (χ1n) is 9.49. The molecular formula is C20H32N4OS. The number of amidine groups is 1. The largest absolute Gasteiger partial charge is 0.393 e. The number of hydrogen-bond donors (Lipinski definition) is 2. The van der Waals surface area contributed by atoms with Gasteiger partial charge in [-0.05, 0) is 25.3 Å². The van der Waals surface area contributed by atoms with Crippen LogP contribution in [0.15, 0.2) is 45.6 Å². The Bertz CT molecular complexity index is 574. The van der Waals surface area contributed by atoms with Crippen molar-refractivity contribution in [3.05, 3.63) is 35.6 Å². The van der Waals surface area contributed by atoms with E-state index in [1.807, 2.05) is 26.5 Å². The Morgan fingerprint density at radius 3 is 2.92 bits per heavy atom. The normalized spacial score (nSPS) is 27.8. The molecule has 0 aromatic heterocycles. The van der Waals surface area contributed by atoms with Crippen molar-refractivity contribution in [2.24, 2.45) is 9.98 Å². The van der Waals surface area contributed by atoms with Crippen LogP contribution in [0.25, 0.3) is 0 Å². The van der Waals surface area contributed by atoms with E-state index >= 15 is 0 Å². The minimum Gasteiger partial charge on any atom is -0.393 e. The standard InChI is InChI=1S/C20H32N4OS/c1-16-8-9-17(10-13-26-20(22-3)24-16)18(14-21-2)15-23-11-12-25-19-6-4-5-7-19/h8-10,14-16,19,21H,4-7,11-13H2,1-3H3,(H,22,24)/b9-8-,17-10+,18-14+,23-15-. The van der Waals surface area contributed by atoms with Crippen LogP contribution in [0.1, 0.15) is 32.6 Å². The van der Waals surface area contributed by atoms with Gasteiger partial charge in [0.1, 0.15) is 0 Å². The molecule has 5 nitrogen and oxygen atoms in total. The molecule has 1 saturated carbocycles. The van der Waals surface area contributed by atoms with Crippen molar-refractivity contribution in [2.75, 3.05) is 33.0 Å². The van der Waals surface area contributed by atoms with Gasteiger partial charge < -0.3 is 15.4 Å². The SMILES string of the molecule is CN/C=C(\C=N/CCOC1CCCC1)C1=C/CS/C(NC)=N\C(C)/C=C\1. The highest BCUT2D eigenvalue weighted by Gasteiger charge is 2.14. The molecule has 0 radical (unpaired) electrons. The average Bonchev–Trinajstić information content (AvgIpc) is 3.17. The second kappa shape index (κ2) is 12.0. The first-order valence-corrected chi connectivity index (χ1v) is 10.5. The Morgan fingerprint density at radius 2 is 2.19 bits per heavy atom. The van der Waals surface area contributed by atoms with Gasteiger partial charge in [0.15, 0.2) is 5.17 Å². The lowest BCUT2D eigenvalue weighted by Gasteiger charge is -2.09. The molecule has 1 heterocycles. The fourth-order valence-corrected chi connectivity index (χ4v) is 3.78. The third-order valence-corrected chi connectivity index (χ3v) is 5.27. The van der Waals surface area contributed by atoms with Crippen molar-refractivity contribution in [3.8, 4) is 0 Å². The van der Waals surface area contributed by atoms with Crippen LogP contribution in [-0.2, 0) is 4.74 Å². The van der Waals surface area contributed by atoms with Crippen molar-refractivity contribution in [3.63, 3.8) is 0 Å². The lowest BCUT2D eigenvalue weighted by Crippen LogP contribution is -2.16. The summed E-state index contributed by atoms with van der Waals surface area (Å²) in [7, 11) is 3.83. The molecule has 1 fully saturated rings. The molecule has 0 saturated heterocycles. The van der Waals surface area contributed by atoms with E-state index in [-0.39, 0.29) is 6.04 Å². The molecule has 144 valence electrons. The number of aliphatic imine (C=N–C) groups is 2. The van der Waals surface area contributed by atoms with E-state index in [0.29, 0.717) is 19.3 Å². The molecule has 0 aromatic rings. The quantitative estimate of drug-likeness (QED) is 0.529. The van der Waals surface area contributed by atoms with Crippen molar-refractivity contribution in [2.45, 2.75) is 44.8 Å².